The lowest BCUT2D eigenvalue weighted by Crippen LogP contribution is -2.31. The van der Waals surface area contributed by atoms with E-state index in [0.717, 1.165) is 5.69 Å². The summed E-state index contributed by atoms with van der Waals surface area (Å²) in [7, 11) is 0. The van der Waals surface area contributed by atoms with E-state index in [-0.39, 0.29) is 0 Å². The second-order valence-electron chi connectivity index (χ2n) is 5.13. The molecule has 2 N–H and O–H groups in total. The van der Waals surface area contributed by atoms with Crippen molar-refractivity contribution in [2.75, 3.05) is 6.54 Å². The summed E-state index contributed by atoms with van der Waals surface area (Å²) >= 11 is 0. The number of aromatic nitrogens is 2. The highest BCUT2D eigenvalue weighted by Crippen LogP contribution is 2.15. The summed E-state index contributed by atoms with van der Waals surface area (Å²) in [5, 5.41) is 16.6. The average molecular weight is 273 g/mol. The Labute approximate surface area is 118 Å². The molecule has 0 saturated carbocycles. The third kappa shape index (κ3) is 3.45. The Morgan fingerprint density at radius 3 is 2.65 bits per heavy atom. The number of carboxylic acids is 1. The number of nitrogens with one attached hydrogen (secondary N) is 1. The van der Waals surface area contributed by atoms with Gasteiger partial charge in [-0.3, -0.25) is 4.79 Å². The van der Waals surface area contributed by atoms with E-state index < -0.39 is 12.0 Å². The fourth-order valence-corrected chi connectivity index (χ4v) is 1.91. The lowest BCUT2D eigenvalue weighted by atomic mass is 10.1. The van der Waals surface area contributed by atoms with Crippen LogP contribution in [0.25, 0.3) is 5.69 Å². The van der Waals surface area contributed by atoms with Gasteiger partial charge in [0.1, 0.15) is 6.04 Å². The van der Waals surface area contributed by atoms with Crippen LogP contribution < -0.4 is 5.32 Å². The van der Waals surface area contributed by atoms with Crippen LogP contribution in [0.2, 0.25) is 0 Å². The van der Waals surface area contributed by atoms with Gasteiger partial charge in [-0.25, -0.2) is 4.68 Å². The Morgan fingerprint density at radius 2 is 2.05 bits per heavy atom. The molecule has 2 rings (SSSR count). The quantitative estimate of drug-likeness (QED) is 0.847. The molecule has 1 aromatic carbocycles. The van der Waals surface area contributed by atoms with Gasteiger partial charge in [0.2, 0.25) is 0 Å². The zero-order valence-corrected chi connectivity index (χ0v) is 11.7. The van der Waals surface area contributed by atoms with Crippen LogP contribution in [0, 0.1) is 5.92 Å². The molecule has 0 spiro atoms. The second kappa shape index (κ2) is 6.34. The molecule has 0 fully saturated rings. The summed E-state index contributed by atoms with van der Waals surface area (Å²) in [5.74, 6) is -0.501. The Kier molecular flexibility index (Phi) is 4.53. The first-order chi connectivity index (χ1) is 9.58. The van der Waals surface area contributed by atoms with Crippen LogP contribution in [0.3, 0.4) is 0 Å². The van der Waals surface area contributed by atoms with E-state index in [1.54, 1.807) is 17.1 Å². The van der Waals surface area contributed by atoms with Gasteiger partial charge in [0.05, 0.1) is 11.9 Å². The van der Waals surface area contributed by atoms with Crippen LogP contribution in [-0.2, 0) is 4.79 Å². The van der Waals surface area contributed by atoms with Gasteiger partial charge in [-0.05, 0) is 24.6 Å². The molecule has 0 aliphatic rings. The van der Waals surface area contributed by atoms with Gasteiger partial charge in [-0.15, -0.1) is 0 Å². The van der Waals surface area contributed by atoms with Crippen molar-refractivity contribution in [2.24, 2.45) is 5.92 Å². The van der Waals surface area contributed by atoms with Crippen molar-refractivity contribution in [3.8, 4) is 5.69 Å². The van der Waals surface area contributed by atoms with Gasteiger partial charge < -0.3 is 10.4 Å². The van der Waals surface area contributed by atoms with Crippen molar-refractivity contribution in [3.05, 3.63) is 48.3 Å². The Hall–Kier alpha value is -2.14. The highest BCUT2D eigenvalue weighted by atomic mass is 16.4. The van der Waals surface area contributed by atoms with E-state index >= 15 is 0 Å². The molecular weight excluding hydrogens is 254 g/mol. The molecule has 0 saturated heterocycles. The smallest absolute Gasteiger partial charge is 0.325 e. The first-order valence-electron chi connectivity index (χ1n) is 6.64. The van der Waals surface area contributed by atoms with E-state index in [1.807, 2.05) is 44.2 Å². The summed E-state index contributed by atoms with van der Waals surface area (Å²) in [4.78, 5) is 11.4. The molecule has 0 amide bonds. The fourth-order valence-electron chi connectivity index (χ4n) is 1.91. The topological polar surface area (TPSA) is 67.2 Å². The van der Waals surface area contributed by atoms with Gasteiger partial charge in [-0.1, -0.05) is 32.0 Å². The molecule has 0 aliphatic carbocycles. The number of carbonyl (C=O) groups is 1. The van der Waals surface area contributed by atoms with Gasteiger partial charge >= 0.3 is 5.97 Å². The maximum absolute atomic E-state index is 11.4. The van der Waals surface area contributed by atoms with Gasteiger partial charge in [0.15, 0.2) is 0 Å². The van der Waals surface area contributed by atoms with Crippen molar-refractivity contribution in [1.29, 1.82) is 0 Å². The number of hydrogen-bond acceptors (Lipinski definition) is 3. The summed E-state index contributed by atoms with van der Waals surface area (Å²) in [6.45, 7) is 4.73. The Bertz CT molecular complexity index is 564. The van der Waals surface area contributed by atoms with Gasteiger partial charge in [0, 0.05) is 11.8 Å². The van der Waals surface area contributed by atoms with E-state index in [9.17, 15) is 9.90 Å². The second-order valence-corrected chi connectivity index (χ2v) is 5.13. The number of benzene rings is 1. The zero-order valence-electron chi connectivity index (χ0n) is 11.7. The minimum absolute atomic E-state index is 0.390. The predicted molar refractivity (Wildman–Crippen MR) is 76.8 cm³/mol. The number of hydrogen-bond donors (Lipinski definition) is 2. The predicted octanol–water partition coefficient (Wildman–Crippen LogP) is 2.24. The van der Waals surface area contributed by atoms with Crippen LogP contribution in [0.1, 0.15) is 25.5 Å². The number of nitrogens with zero attached hydrogens (tertiary/aromatic N) is 2. The first kappa shape index (κ1) is 14.3. The fraction of sp³-hybridized carbons (Fsp3) is 0.333. The molecule has 1 aromatic heterocycles. The van der Waals surface area contributed by atoms with Crippen molar-refractivity contribution in [1.82, 2.24) is 15.1 Å². The van der Waals surface area contributed by atoms with Crippen LogP contribution in [-0.4, -0.2) is 27.4 Å². The number of rotatable bonds is 6. The molecule has 2 aromatic rings. The molecule has 1 heterocycles. The molecule has 5 nitrogen and oxygen atoms in total. The summed E-state index contributed by atoms with van der Waals surface area (Å²) in [6.07, 6.45) is 3.35. The van der Waals surface area contributed by atoms with E-state index in [4.69, 9.17) is 0 Å². The molecule has 0 aliphatic heterocycles. The molecule has 1 atom stereocenters. The third-order valence-corrected chi connectivity index (χ3v) is 2.93. The van der Waals surface area contributed by atoms with Gasteiger partial charge in [0.25, 0.3) is 0 Å². The molecule has 106 valence electrons. The van der Waals surface area contributed by atoms with E-state index in [2.05, 4.69) is 10.4 Å². The van der Waals surface area contributed by atoms with Crippen LogP contribution in [0.15, 0.2) is 42.7 Å². The normalized spacial score (nSPS) is 12.6. The maximum atomic E-state index is 11.4. The monoisotopic (exact) mass is 273 g/mol. The Balaban J connectivity index is 2.19. The third-order valence-electron chi connectivity index (χ3n) is 2.93. The number of aliphatic carboxylic acids is 1. The van der Waals surface area contributed by atoms with Crippen LogP contribution in [0.4, 0.5) is 0 Å². The maximum Gasteiger partial charge on any atom is 0.325 e. The van der Waals surface area contributed by atoms with Crippen molar-refractivity contribution < 1.29 is 9.90 Å². The van der Waals surface area contributed by atoms with Crippen molar-refractivity contribution in [2.45, 2.75) is 19.9 Å². The lowest BCUT2D eigenvalue weighted by Gasteiger charge is -2.14. The highest BCUT2D eigenvalue weighted by Gasteiger charge is 2.21. The molecule has 0 bridgehead atoms. The Morgan fingerprint density at radius 1 is 1.35 bits per heavy atom. The van der Waals surface area contributed by atoms with Crippen molar-refractivity contribution >= 4 is 5.97 Å². The lowest BCUT2D eigenvalue weighted by molar-refractivity contribution is -0.139. The zero-order chi connectivity index (χ0) is 14.5. The summed E-state index contributed by atoms with van der Waals surface area (Å²) < 4.78 is 1.68. The molecule has 20 heavy (non-hydrogen) atoms. The molecular formula is C15H19N3O2. The first-order valence-corrected chi connectivity index (χ1v) is 6.64. The van der Waals surface area contributed by atoms with E-state index in [0.29, 0.717) is 18.0 Å². The number of carboxylic acid groups (broad SMARTS) is 1. The standard InChI is InChI=1S/C15H19N3O2/c1-11(2)8-16-14(15(19)20)12-9-17-18(10-12)13-6-4-3-5-7-13/h3-7,9-11,14,16H,8H2,1-2H3,(H,19,20). The summed E-state index contributed by atoms with van der Waals surface area (Å²) in [5.41, 5.74) is 1.56. The molecule has 5 heteroatoms. The number of para-hydroxylation sites is 1. The highest BCUT2D eigenvalue weighted by molar-refractivity contribution is 5.75. The largest absolute Gasteiger partial charge is 0.480 e. The van der Waals surface area contributed by atoms with Crippen molar-refractivity contribution in [3.63, 3.8) is 0 Å². The minimum atomic E-state index is -0.890. The summed E-state index contributed by atoms with van der Waals surface area (Å²) in [6, 6.07) is 8.89. The van der Waals surface area contributed by atoms with E-state index in [1.165, 1.54) is 0 Å². The minimum Gasteiger partial charge on any atom is -0.480 e. The average Bonchev–Trinajstić information content (AvgIpc) is 2.89. The molecule has 1 unspecified atom stereocenters. The van der Waals surface area contributed by atoms with Crippen LogP contribution >= 0.6 is 0 Å². The SMILES string of the molecule is CC(C)CNC(C(=O)O)c1cnn(-c2ccccc2)c1. The molecule has 0 radical (unpaired) electrons. The van der Waals surface area contributed by atoms with Gasteiger partial charge in [-0.2, -0.15) is 5.10 Å². The van der Waals surface area contributed by atoms with Crippen LogP contribution in [0.5, 0.6) is 0 Å².